The second-order valence-electron chi connectivity index (χ2n) is 5.51. The minimum Gasteiger partial charge on any atom is -0.497 e. The van der Waals surface area contributed by atoms with Crippen LogP contribution >= 0.6 is 23.2 Å². The van der Waals surface area contributed by atoms with Crippen molar-refractivity contribution in [1.82, 2.24) is 5.32 Å². The summed E-state index contributed by atoms with van der Waals surface area (Å²) in [7, 11) is 3.22. The van der Waals surface area contributed by atoms with Gasteiger partial charge in [0.2, 0.25) is 5.91 Å². The molecule has 0 fully saturated rings. The molecule has 25 heavy (non-hydrogen) atoms. The Morgan fingerprint density at radius 3 is 2.48 bits per heavy atom. The first-order valence-electron chi connectivity index (χ1n) is 7.95. The topological polar surface area (TPSA) is 47.6 Å². The summed E-state index contributed by atoms with van der Waals surface area (Å²) in [6.07, 6.45) is 1.61. The molecule has 1 N–H and O–H groups in total. The van der Waals surface area contributed by atoms with E-state index in [0.717, 1.165) is 22.6 Å². The molecule has 2 aromatic carbocycles. The van der Waals surface area contributed by atoms with E-state index in [1.165, 1.54) is 0 Å². The Morgan fingerprint density at radius 1 is 1.00 bits per heavy atom. The molecule has 0 atom stereocenters. The molecule has 0 aliphatic rings. The van der Waals surface area contributed by atoms with Gasteiger partial charge < -0.3 is 14.8 Å². The van der Waals surface area contributed by atoms with Crippen molar-refractivity contribution in [3.8, 4) is 11.5 Å². The molecule has 0 unspecified atom stereocenters. The highest BCUT2D eigenvalue weighted by Gasteiger charge is 2.09. The van der Waals surface area contributed by atoms with Crippen molar-refractivity contribution in [2.75, 3.05) is 20.8 Å². The van der Waals surface area contributed by atoms with Gasteiger partial charge in [0.15, 0.2) is 0 Å². The highest BCUT2D eigenvalue weighted by atomic mass is 35.5. The zero-order valence-electron chi connectivity index (χ0n) is 14.3. The molecule has 0 aromatic heterocycles. The molecular formula is C19H21Cl2NO3. The summed E-state index contributed by atoms with van der Waals surface area (Å²) < 4.78 is 10.5. The zero-order valence-corrected chi connectivity index (χ0v) is 15.8. The number of rotatable bonds is 8. The maximum atomic E-state index is 12.1. The van der Waals surface area contributed by atoms with Crippen LogP contribution in [0.5, 0.6) is 11.5 Å². The van der Waals surface area contributed by atoms with E-state index in [1.54, 1.807) is 26.4 Å². The van der Waals surface area contributed by atoms with E-state index in [1.807, 2.05) is 24.3 Å². The fraction of sp³-hybridized carbons (Fsp3) is 0.316. The van der Waals surface area contributed by atoms with Crippen LogP contribution in [0.4, 0.5) is 0 Å². The van der Waals surface area contributed by atoms with Gasteiger partial charge >= 0.3 is 0 Å². The van der Waals surface area contributed by atoms with Crippen LogP contribution in [0.25, 0.3) is 0 Å². The molecule has 0 bridgehead atoms. The predicted molar refractivity (Wildman–Crippen MR) is 101 cm³/mol. The Bertz CT molecular complexity index is 735. The van der Waals surface area contributed by atoms with Crippen LogP contribution in [0.15, 0.2) is 36.4 Å². The van der Waals surface area contributed by atoms with Gasteiger partial charge in [-0.25, -0.2) is 0 Å². The van der Waals surface area contributed by atoms with Gasteiger partial charge in [0.1, 0.15) is 11.5 Å². The summed E-state index contributed by atoms with van der Waals surface area (Å²) in [5.74, 6) is 1.48. The highest BCUT2D eigenvalue weighted by Crippen LogP contribution is 2.25. The number of amides is 1. The standard InChI is InChI=1S/C19H21Cl2NO3/c1-24-16-6-7-18(25-2)14(11-16)4-8-19(23)22-10-9-13-3-5-15(20)12-17(13)21/h3,5-7,11-12H,4,8-10H2,1-2H3,(H,22,23). The van der Waals surface area contributed by atoms with Crippen LogP contribution in [-0.4, -0.2) is 26.7 Å². The number of nitrogens with one attached hydrogen (secondary N) is 1. The zero-order chi connectivity index (χ0) is 18.2. The number of benzene rings is 2. The van der Waals surface area contributed by atoms with Gasteiger partial charge in [0, 0.05) is 23.0 Å². The molecule has 2 rings (SSSR count). The molecule has 0 spiro atoms. The highest BCUT2D eigenvalue weighted by molar-refractivity contribution is 6.35. The lowest BCUT2D eigenvalue weighted by atomic mass is 10.1. The summed E-state index contributed by atoms with van der Waals surface area (Å²) in [5.41, 5.74) is 1.90. The van der Waals surface area contributed by atoms with Crippen molar-refractivity contribution >= 4 is 29.1 Å². The van der Waals surface area contributed by atoms with Crippen LogP contribution < -0.4 is 14.8 Å². The SMILES string of the molecule is COc1ccc(OC)c(CCC(=O)NCCc2ccc(Cl)cc2Cl)c1. The molecule has 0 heterocycles. The Morgan fingerprint density at radius 2 is 1.80 bits per heavy atom. The van der Waals surface area contributed by atoms with E-state index in [2.05, 4.69) is 5.32 Å². The lowest BCUT2D eigenvalue weighted by molar-refractivity contribution is -0.121. The number of aryl methyl sites for hydroxylation is 1. The maximum absolute atomic E-state index is 12.1. The minimum atomic E-state index is -0.0186. The molecule has 0 aliphatic carbocycles. The lowest BCUT2D eigenvalue weighted by Gasteiger charge is -2.11. The van der Waals surface area contributed by atoms with E-state index in [4.69, 9.17) is 32.7 Å². The second kappa shape index (κ2) is 9.54. The molecular weight excluding hydrogens is 361 g/mol. The van der Waals surface area contributed by atoms with Crippen LogP contribution in [0.2, 0.25) is 10.0 Å². The van der Waals surface area contributed by atoms with Gasteiger partial charge in [-0.1, -0.05) is 29.3 Å². The smallest absolute Gasteiger partial charge is 0.220 e. The quantitative estimate of drug-likeness (QED) is 0.741. The van der Waals surface area contributed by atoms with Gasteiger partial charge in [-0.15, -0.1) is 0 Å². The first-order valence-corrected chi connectivity index (χ1v) is 8.70. The molecule has 2 aromatic rings. The average molecular weight is 382 g/mol. The first-order chi connectivity index (χ1) is 12.0. The minimum absolute atomic E-state index is 0.0186. The number of carbonyl (C=O) groups is 1. The monoisotopic (exact) mass is 381 g/mol. The number of hydrogen-bond donors (Lipinski definition) is 1. The van der Waals surface area contributed by atoms with Crippen LogP contribution in [0.1, 0.15) is 17.5 Å². The van der Waals surface area contributed by atoms with Crippen molar-refractivity contribution in [2.24, 2.45) is 0 Å². The Hall–Kier alpha value is -1.91. The summed E-state index contributed by atoms with van der Waals surface area (Å²) in [6, 6.07) is 10.9. The molecule has 134 valence electrons. The van der Waals surface area contributed by atoms with Crippen LogP contribution in [-0.2, 0) is 17.6 Å². The molecule has 4 nitrogen and oxygen atoms in total. The van der Waals surface area contributed by atoms with E-state index < -0.39 is 0 Å². The third-order valence-electron chi connectivity index (χ3n) is 3.84. The van der Waals surface area contributed by atoms with Crippen LogP contribution in [0, 0.1) is 0 Å². The molecule has 0 saturated heterocycles. The van der Waals surface area contributed by atoms with E-state index in [0.29, 0.717) is 35.9 Å². The maximum Gasteiger partial charge on any atom is 0.220 e. The molecule has 6 heteroatoms. The van der Waals surface area contributed by atoms with Crippen LogP contribution in [0.3, 0.4) is 0 Å². The summed E-state index contributed by atoms with van der Waals surface area (Å²) in [4.78, 5) is 12.1. The normalized spacial score (nSPS) is 10.4. The largest absolute Gasteiger partial charge is 0.497 e. The number of methoxy groups -OCH3 is 2. The first kappa shape index (κ1) is 19.4. The van der Waals surface area contributed by atoms with Gasteiger partial charge in [-0.3, -0.25) is 4.79 Å². The Balaban J connectivity index is 1.83. The van der Waals surface area contributed by atoms with Gasteiger partial charge in [-0.2, -0.15) is 0 Å². The number of hydrogen-bond acceptors (Lipinski definition) is 3. The number of ether oxygens (including phenoxy) is 2. The van der Waals surface area contributed by atoms with E-state index >= 15 is 0 Å². The number of carbonyl (C=O) groups excluding carboxylic acids is 1. The molecule has 0 saturated carbocycles. The summed E-state index contributed by atoms with van der Waals surface area (Å²) >= 11 is 12.0. The van der Waals surface area contributed by atoms with Gasteiger partial charge in [0.25, 0.3) is 0 Å². The second-order valence-corrected chi connectivity index (χ2v) is 6.36. The lowest BCUT2D eigenvalue weighted by Crippen LogP contribution is -2.26. The third-order valence-corrected chi connectivity index (χ3v) is 4.43. The molecule has 0 radical (unpaired) electrons. The fourth-order valence-corrected chi connectivity index (χ4v) is 2.98. The molecule has 0 aliphatic heterocycles. The van der Waals surface area contributed by atoms with Gasteiger partial charge in [-0.05, 0) is 54.3 Å². The van der Waals surface area contributed by atoms with Gasteiger partial charge in [0.05, 0.1) is 14.2 Å². The average Bonchev–Trinajstić information content (AvgIpc) is 2.61. The van der Waals surface area contributed by atoms with E-state index in [-0.39, 0.29) is 5.91 Å². The Labute approximate surface area is 158 Å². The summed E-state index contributed by atoms with van der Waals surface area (Å²) in [5, 5.41) is 4.12. The van der Waals surface area contributed by atoms with Crippen molar-refractivity contribution in [1.29, 1.82) is 0 Å². The molecule has 1 amide bonds. The summed E-state index contributed by atoms with van der Waals surface area (Å²) in [6.45, 7) is 0.523. The Kier molecular flexibility index (Phi) is 7.41. The van der Waals surface area contributed by atoms with Crippen molar-refractivity contribution in [3.05, 3.63) is 57.6 Å². The third kappa shape index (κ3) is 5.83. The predicted octanol–water partition coefficient (Wildman–Crippen LogP) is 4.30. The van der Waals surface area contributed by atoms with Crippen molar-refractivity contribution in [3.63, 3.8) is 0 Å². The van der Waals surface area contributed by atoms with Crippen molar-refractivity contribution in [2.45, 2.75) is 19.3 Å². The number of halogens is 2. The van der Waals surface area contributed by atoms with E-state index in [9.17, 15) is 4.79 Å². The van der Waals surface area contributed by atoms with Crippen molar-refractivity contribution < 1.29 is 14.3 Å². The fourth-order valence-electron chi connectivity index (χ4n) is 2.47.